The van der Waals surface area contributed by atoms with Gasteiger partial charge in [-0.3, -0.25) is 0 Å². The van der Waals surface area contributed by atoms with E-state index < -0.39 is 0 Å². The fourth-order valence-corrected chi connectivity index (χ4v) is 5.65. The zero-order valence-electron chi connectivity index (χ0n) is 13.9. The average molecular weight is 433 g/mol. The number of hydrogen-bond acceptors (Lipinski definition) is 6. The summed E-state index contributed by atoms with van der Waals surface area (Å²) in [5, 5.41) is 19.2. The molecule has 1 aliphatic heterocycles. The van der Waals surface area contributed by atoms with Crippen LogP contribution in [0.5, 0.6) is 0 Å². The molecule has 24 heavy (non-hydrogen) atoms. The third-order valence-electron chi connectivity index (χ3n) is 2.79. The Bertz CT molecular complexity index is 364. The predicted molar refractivity (Wildman–Crippen MR) is 126 cm³/mol. The van der Waals surface area contributed by atoms with Gasteiger partial charge in [-0.25, -0.2) is 0 Å². The lowest BCUT2D eigenvalue weighted by molar-refractivity contribution is 0.910. The summed E-state index contributed by atoms with van der Waals surface area (Å²) >= 11 is 10.5. The normalized spacial score (nSPS) is 20.0. The molecule has 0 unspecified atom stereocenters. The summed E-state index contributed by atoms with van der Waals surface area (Å²) in [6.45, 7) is 0. The van der Waals surface area contributed by atoms with Gasteiger partial charge in [-0.05, 0) is 70.0 Å². The summed E-state index contributed by atoms with van der Waals surface area (Å²) in [4.78, 5) is 0. The molecule has 0 radical (unpaired) electrons. The Balaban J connectivity index is 2.19. The zero-order chi connectivity index (χ0) is 17.0. The van der Waals surface area contributed by atoms with Crippen molar-refractivity contribution >= 4 is 70.6 Å². The largest absolute Gasteiger partial charge is 0.0742 e. The lowest BCUT2D eigenvalue weighted by atomic mass is 10.4. The van der Waals surface area contributed by atoms with E-state index in [1.54, 1.807) is 70.6 Å². The first-order chi connectivity index (χ1) is 12.0. The van der Waals surface area contributed by atoms with Crippen molar-refractivity contribution in [3.8, 4) is 31.5 Å². The Morgan fingerprint density at radius 3 is 0.625 bits per heavy atom. The maximum atomic E-state index is 3.20. The average Bonchev–Trinajstić information content (AvgIpc) is 2.59. The minimum atomic E-state index is 1.14. The number of rotatable bonds is 0. The van der Waals surface area contributed by atoms with Crippen LogP contribution in [-0.4, -0.2) is 34.5 Å². The van der Waals surface area contributed by atoms with Gasteiger partial charge in [0.25, 0.3) is 0 Å². The fourth-order valence-electron chi connectivity index (χ4n) is 1.53. The first-order valence-corrected chi connectivity index (χ1v) is 14.1. The van der Waals surface area contributed by atoms with E-state index in [1.807, 2.05) is 0 Å². The lowest BCUT2D eigenvalue weighted by Crippen LogP contribution is -1.83. The van der Waals surface area contributed by atoms with Crippen molar-refractivity contribution in [1.82, 2.24) is 0 Å². The van der Waals surface area contributed by atoms with Crippen molar-refractivity contribution in [2.45, 2.75) is 38.5 Å². The molecule has 1 aliphatic rings. The van der Waals surface area contributed by atoms with Gasteiger partial charge in [0.2, 0.25) is 0 Å². The maximum absolute atomic E-state index is 3.20. The van der Waals surface area contributed by atoms with Crippen LogP contribution in [0.4, 0.5) is 0 Å². The van der Waals surface area contributed by atoms with E-state index >= 15 is 0 Å². The number of thioether (sulfide) groups is 6. The maximum Gasteiger partial charge on any atom is 0.00572 e. The van der Waals surface area contributed by atoms with E-state index in [0.717, 1.165) is 34.5 Å². The highest BCUT2D eigenvalue weighted by atomic mass is 32.2. The van der Waals surface area contributed by atoms with Crippen LogP contribution >= 0.6 is 70.6 Å². The highest BCUT2D eigenvalue weighted by Crippen LogP contribution is 2.12. The summed E-state index contributed by atoms with van der Waals surface area (Å²) in [6.07, 6.45) is 7.43. The van der Waals surface area contributed by atoms with Crippen LogP contribution < -0.4 is 0 Å². The van der Waals surface area contributed by atoms with Crippen LogP contribution in [0.15, 0.2) is 0 Å². The van der Waals surface area contributed by atoms with Crippen LogP contribution in [0.3, 0.4) is 0 Å². The van der Waals surface area contributed by atoms with Crippen molar-refractivity contribution in [2.75, 3.05) is 34.5 Å². The molecule has 6 heteroatoms. The van der Waals surface area contributed by atoms with Gasteiger partial charge in [0, 0.05) is 34.5 Å². The molecule has 0 fully saturated rings. The van der Waals surface area contributed by atoms with Crippen LogP contribution in [0, 0.1) is 31.5 Å². The molecule has 0 aliphatic carbocycles. The quantitative estimate of drug-likeness (QED) is 0.398. The molecular formula is C18H24S6. The van der Waals surface area contributed by atoms with E-state index in [4.69, 9.17) is 0 Å². The van der Waals surface area contributed by atoms with Crippen LogP contribution in [0.1, 0.15) is 38.5 Å². The second-order valence-electron chi connectivity index (χ2n) is 4.82. The highest BCUT2D eigenvalue weighted by Gasteiger charge is 1.91. The molecule has 0 amide bonds. The minimum Gasteiger partial charge on any atom is -0.0742 e. The molecule has 0 saturated heterocycles. The molecule has 0 bridgehead atoms. The molecule has 0 N–H and O–H groups in total. The molecular weight excluding hydrogens is 409 g/mol. The van der Waals surface area contributed by atoms with E-state index in [0.29, 0.717) is 0 Å². The molecule has 0 nitrogen and oxygen atoms in total. The molecule has 0 spiro atoms. The van der Waals surface area contributed by atoms with Gasteiger partial charge < -0.3 is 0 Å². The minimum absolute atomic E-state index is 1.14. The fraction of sp³-hybridized carbons (Fsp3) is 0.667. The van der Waals surface area contributed by atoms with Crippen molar-refractivity contribution < 1.29 is 0 Å². The van der Waals surface area contributed by atoms with E-state index in [1.165, 1.54) is 38.5 Å². The predicted octanol–water partition coefficient (Wildman–Crippen LogP) is 6.50. The molecule has 0 aromatic heterocycles. The Kier molecular flexibility index (Phi) is 19.1. The van der Waals surface area contributed by atoms with Gasteiger partial charge in [-0.2, -0.15) is 0 Å². The van der Waals surface area contributed by atoms with E-state index in [-0.39, 0.29) is 0 Å². The van der Waals surface area contributed by atoms with Crippen LogP contribution in [0.2, 0.25) is 0 Å². The van der Waals surface area contributed by atoms with Gasteiger partial charge in [0.15, 0.2) is 0 Å². The monoisotopic (exact) mass is 432 g/mol. The molecule has 0 saturated carbocycles. The standard InChI is InChI=1S/C18H24S6/c1-2-8-20-15-16-22-10-5-6-12-24-18-17-23-11-4-3-9-21-14-13-19-7-1/h1-12H2. The summed E-state index contributed by atoms with van der Waals surface area (Å²) in [7, 11) is 0. The van der Waals surface area contributed by atoms with E-state index in [2.05, 4.69) is 31.5 Å². The SMILES string of the molecule is C1#CSCCCCSC#CSCCCCSC#CSCCCCS1. The molecule has 132 valence electrons. The second kappa shape index (κ2) is 20.1. The first-order valence-electron chi connectivity index (χ1n) is 8.21. The molecule has 0 aromatic carbocycles. The highest BCUT2D eigenvalue weighted by molar-refractivity contribution is 8.08. The Hall–Kier alpha value is 0.780. The number of hydrogen-bond donors (Lipinski definition) is 0. The zero-order valence-corrected chi connectivity index (χ0v) is 18.8. The third-order valence-corrected chi connectivity index (χ3v) is 7.61. The smallest absolute Gasteiger partial charge is 0.00572 e. The Morgan fingerprint density at radius 2 is 0.458 bits per heavy atom. The lowest BCUT2D eigenvalue weighted by Gasteiger charge is -1.96. The van der Waals surface area contributed by atoms with Crippen molar-refractivity contribution in [3.05, 3.63) is 0 Å². The Labute approximate surface area is 174 Å². The summed E-state index contributed by atoms with van der Waals surface area (Å²) in [6, 6.07) is 0. The summed E-state index contributed by atoms with van der Waals surface area (Å²) < 4.78 is 0. The molecule has 0 aromatic rings. The van der Waals surface area contributed by atoms with Crippen molar-refractivity contribution in [1.29, 1.82) is 0 Å². The van der Waals surface area contributed by atoms with Gasteiger partial charge in [-0.15, -0.1) is 0 Å². The molecule has 1 rings (SSSR count). The van der Waals surface area contributed by atoms with Gasteiger partial charge in [0.05, 0.1) is 0 Å². The topological polar surface area (TPSA) is 0 Å². The van der Waals surface area contributed by atoms with Gasteiger partial charge >= 0.3 is 0 Å². The third kappa shape index (κ3) is 17.6. The van der Waals surface area contributed by atoms with Gasteiger partial charge in [-0.1, -0.05) is 70.6 Å². The summed E-state index contributed by atoms with van der Waals surface area (Å²) in [5.41, 5.74) is 0. The van der Waals surface area contributed by atoms with Crippen molar-refractivity contribution in [2.24, 2.45) is 0 Å². The van der Waals surface area contributed by atoms with Crippen molar-refractivity contribution in [3.63, 3.8) is 0 Å². The van der Waals surface area contributed by atoms with Crippen LogP contribution in [0.25, 0.3) is 0 Å². The van der Waals surface area contributed by atoms with Crippen LogP contribution in [-0.2, 0) is 0 Å². The molecule has 1 heterocycles. The van der Waals surface area contributed by atoms with E-state index in [9.17, 15) is 0 Å². The molecule has 0 atom stereocenters. The second-order valence-corrected chi connectivity index (χ2v) is 10.2. The Morgan fingerprint density at radius 1 is 0.292 bits per heavy atom. The van der Waals surface area contributed by atoms with Gasteiger partial charge in [0.1, 0.15) is 0 Å². The first kappa shape index (κ1) is 22.8. The summed E-state index contributed by atoms with van der Waals surface area (Å²) in [5.74, 6) is 6.85.